The second kappa shape index (κ2) is 9.00. The number of hydrogen-bond donors (Lipinski definition) is 2. The summed E-state index contributed by atoms with van der Waals surface area (Å²) in [6, 6.07) is 12.5. The van der Waals surface area contributed by atoms with Gasteiger partial charge in [0.05, 0.1) is 21.4 Å². The zero-order valence-electron chi connectivity index (χ0n) is 16.1. The summed E-state index contributed by atoms with van der Waals surface area (Å²) < 4.78 is 5.81. The van der Waals surface area contributed by atoms with Gasteiger partial charge in [0, 0.05) is 17.8 Å². The van der Waals surface area contributed by atoms with Gasteiger partial charge in [-0.05, 0) is 48.0 Å². The van der Waals surface area contributed by atoms with Gasteiger partial charge >= 0.3 is 0 Å². The molecule has 2 aromatic carbocycles. The first-order chi connectivity index (χ1) is 15.4. The van der Waals surface area contributed by atoms with Crippen molar-refractivity contribution in [3.05, 3.63) is 87.3 Å². The van der Waals surface area contributed by atoms with Gasteiger partial charge in [0.1, 0.15) is 5.02 Å². The van der Waals surface area contributed by atoms with Gasteiger partial charge in [-0.25, -0.2) is 4.98 Å². The molecule has 32 heavy (non-hydrogen) atoms. The summed E-state index contributed by atoms with van der Waals surface area (Å²) in [5.74, 6) is -0.650. The third kappa shape index (κ3) is 4.82. The van der Waals surface area contributed by atoms with Gasteiger partial charge in [-0.3, -0.25) is 25.0 Å². The van der Waals surface area contributed by atoms with Crippen molar-refractivity contribution in [1.29, 1.82) is 0 Å². The molecule has 0 aliphatic heterocycles. The number of carbonyl (C=O) groups is 2. The van der Waals surface area contributed by atoms with E-state index in [-0.39, 0.29) is 16.5 Å². The number of furan rings is 1. The molecule has 160 valence electrons. The average Bonchev–Trinajstić information content (AvgIpc) is 3.42. The molecule has 9 nitrogen and oxygen atoms in total. The van der Waals surface area contributed by atoms with Gasteiger partial charge in [0.15, 0.2) is 10.9 Å². The second-order valence-corrected chi connectivity index (χ2v) is 7.86. The number of amides is 2. The lowest BCUT2D eigenvalue weighted by molar-refractivity contribution is -0.384. The molecule has 2 N–H and O–H groups in total. The van der Waals surface area contributed by atoms with E-state index in [1.807, 2.05) is 0 Å². The van der Waals surface area contributed by atoms with Gasteiger partial charge in [0.2, 0.25) is 5.91 Å². The minimum absolute atomic E-state index is 0.0224. The highest BCUT2D eigenvalue weighted by Crippen LogP contribution is 2.29. The van der Waals surface area contributed by atoms with Crippen molar-refractivity contribution >= 4 is 67.6 Å². The van der Waals surface area contributed by atoms with Gasteiger partial charge in [0.25, 0.3) is 11.6 Å². The molecule has 4 rings (SSSR count). The van der Waals surface area contributed by atoms with E-state index in [1.54, 1.807) is 36.4 Å². The number of nitrogens with one attached hydrogen (secondary N) is 2. The molecule has 11 heteroatoms. The smallest absolute Gasteiger partial charge is 0.293 e. The van der Waals surface area contributed by atoms with E-state index in [2.05, 4.69) is 15.6 Å². The third-order valence-corrected chi connectivity index (χ3v) is 5.47. The van der Waals surface area contributed by atoms with Gasteiger partial charge in [-0.1, -0.05) is 29.0 Å². The number of halogens is 1. The number of nitro groups is 1. The maximum Gasteiger partial charge on any atom is 0.293 e. The van der Waals surface area contributed by atoms with Crippen LogP contribution in [0.4, 0.5) is 16.5 Å². The second-order valence-electron chi connectivity index (χ2n) is 6.42. The molecule has 2 aromatic heterocycles. The van der Waals surface area contributed by atoms with Crippen molar-refractivity contribution in [3.8, 4) is 0 Å². The predicted octanol–water partition coefficient (Wildman–Crippen LogP) is 5.36. The molecule has 0 fully saturated rings. The molecule has 4 aromatic rings. The SMILES string of the molecule is O=C(/C=C/c1ccc(Cl)c([N+](=O)[O-])c1)Nc1ccc2nc(NC(=O)c3ccco3)sc2c1. The fraction of sp³-hybridized carbons (Fsp3) is 0. The lowest BCUT2D eigenvalue weighted by Gasteiger charge is -2.02. The number of anilines is 2. The van der Waals surface area contributed by atoms with Crippen LogP contribution in [0.5, 0.6) is 0 Å². The zero-order valence-corrected chi connectivity index (χ0v) is 17.6. The van der Waals surface area contributed by atoms with Crippen LogP contribution in [0.1, 0.15) is 16.1 Å². The number of rotatable bonds is 6. The van der Waals surface area contributed by atoms with E-state index in [9.17, 15) is 19.7 Å². The maximum atomic E-state index is 12.3. The number of thiazole rings is 1. The number of hydrogen-bond acceptors (Lipinski definition) is 7. The number of nitrogens with zero attached hydrogens (tertiary/aromatic N) is 2. The highest BCUT2D eigenvalue weighted by atomic mass is 35.5. The molecule has 0 radical (unpaired) electrons. The summed E-state index contributed by atoms with van der Waals surface area (Å²) in [4.78, 5) is 39.1. The summed E-state index contributed by atoms with van der Waals surface area (Å²) in [7, 11) is 0. The zero-order chi connectivity index (χ0) is 22.7. The Bertz CT molecular complexity index is 1360. The highest BCUT2D eigenvalue weighted by Gasteiger charge is 2.13. The van der Waals surface area contributed by atoms with E-state index in [4.69, 9.17) is 16.0 Å². The quantitative estimate of drug-likeness (QED) is 0.223. The third-order valence-electron chi connectivity index (χ3n) is 4.22. The molecule has 0 unspecified atom stereocenters. The van der Waals surface area contributed by atoms with Crippen LogP contribution in [0.2, 0.25) is 5.02 Å². The molecule has 0 atom stereocenters. The van der Waals surface area contributed by atoms with Crippen molar-refractivity contribution in [2.24, 2.45) is 0 Å². The van der Waals surface area contributed by atoms with Crippen LogP contribution < -0.4 is 10.6 Å². The first kappa shape index (κ1) is 21.2. The van der Waals surface area contributed by atoms with Crippen LogP contribution in [-0.4, -0.2) is 21.7 Å². The topological polar surface area (TPSA) is 127 Å². The Labute approximate surface area is 189 Å². The van der Waals surface area contributed by atoms with Crippen molar-refractivity contribution in [3.63, 3.8) is 0 Å². The van der Waals surface area contributed by atoms with E-state index < -0.39 is 16.7 Å². The highest BCUT2D eigenvalue weighted by molar-refractivity contribution is 7.22. The lowest BCUT2D eigenvalue weighted by Crippen LogP contribution is -2.10. The van der Waals surface area contributed by atoms with Crippen molar-refractivity contribution < 1.29 is 18.9 Å². The number of nitro benzene ring substituents is 1. The van der Waals surface area contributed by atoms with Crippen molar-refractivity contribution in [1.82, 2.24) is 4.98 Å². The Kier molecular flexibility index (Phi) is 5.97. The average molecular weight is 469 g/mol. The van der Waals surface area contributed by atoms with Crippen LogP contribution in [0.25, 0.3) is 16.3 Å². The van der Waals surface area contributed by atoms with Crippen LogP contribution >= 0.6 is 22.9 Å². The largest absolute Gasteiger partial charge is 0.459 e. The molecule has 0 saturated heterocycles. The molecular formula is C21H13ClN4O5S. The molecule has 0 aliphatic rings. The van der Waals surface area contributed by atoms with Crippen molar-refractivity contribution in [2.45, 2.75) is 0 Å². The molecule has 0 saturated carbocycles. The monoisotopic (exact) mass is 468 g/mol. The summed E-state index contributed by atoms with van der Waals surface area (Å²) in [6.07, 6.45) is 4.12. The number of benzene rings is 2. The summed E-state index contributed by atoms with van der Waals surface area (Å²) >= 11 is 7.04. The van der Waals surface area contributed by atoms with E-state index >= 15 is 0 Å². The molecule has 2 heterocycles. The number of fused-ring (bicyclic) bond motifs is 1. The summed E-state index contributed by atoms with van der Waals surface area (Å²) in [5.41, 5.74) is 1.42. The Balaban J connectivity index is 1.44. The molecular weight excluding hydrogens is 456 g/mol. The number of aromatic nitrogens is 1. The van der Waals surface area contributed by atoms with Crippen LogP contribution in [0.15, 0.2) is 65.3 Å². The first-order valence-corrected chi connectivity index (χ1v) is 10.3. The predicted molar refractivity (Wildman–Crippen MR) is 122 cm³/mol. The van der Waals surface area contributed by atoms with E-state index in [0.717, 1.165) is 4.70 Å². The Morgan fingerprint density at radius 2 is 2.00 bits per heavy atom. The maximum absolute atomic E-state index is 12.3. The molecule has 0 spiro atoms. The fourth-order valence-electron chi connectivity index (χ4n) is 2.75. The minimum atomic E-state index is -0.588. The molecule has 0 aliphatic carbocycles. The Morgan fingerprint density at radius 3 is 2.75 bits per heavy atom. The van der Waals surface area contributed by atoms with Gasteiger partial charge < -0.3 is 9.73 Å². The standard InChI is InChI=1S/C21H13ClN4O5S/c22-14-6-3-12(10-16(14)26(29)30)4-8-19(27)23-13-5-7-15-18(11-13)32-21(24-15)25-20(28)17-2-1-9-31-17/h1-11H,(H,23,27)(H,24,25,28)/b8-4+. The number of carbonyl (C=O) groups excluding carboxylic acids is 2. The summed E-state index contributed by atoms with van der Waals surface area (Å²) in [5, 5.41) is 16.8. The fourth-order valence-corrected chi connectivity index (χ4v) is 3.84. The van der Waals surface area contributed by atoms with Gasteiger partial charge in [-0.2, -0.15) is 0 Å². The lowest BCUT2D eigenvalue weighted by atomic mass is 10.2. The minimum Gasteiger partial charge on any atom is -0.459 e. The van der Waals surface area contributed by atoms with E-state index in [0.29, 0.717) is 21.9 Å². The first-order valence-electron chi connectivity index (χ1n) is 9.07. The van der Waals surface area contributed by atoms with Crippen LogP contribution in [0, 0.1) is 10.1 Å². The normalized spacial score (nSPS) is 11.0. The van der Waals surface area contributed by atoms with Gasteiger partial charge in [-0.15, -0.1) is 0 Å². The molecule has 2 amide bonds. The Hall–Kier alpha value is -4.02. The Morgan fingerprint density at radius 1 is 1.16 bits per heavy atom. The molecule has 0 bridgehead atoms. The summed E-state index contributed by atoms with van der Waals surface area (Å²) in [6.45, 7) is 0. The van der Waals surface area contributed by atoms with E-state index in [1.165, 1.54) is 41.9 Å². The van der Waals surface area contributed by atoms with Crippen molar-refractivity contribution in [2.75, 3.05) is 10.6 Å². The van der Waals surface area contributed by atoms with Crippen LogP contribution in [-0.2, 0) is 4.79 Å². The van der Waals surface area contributed by atoms with Crippen LogP contribution in [0.3, 0.4) is 0 Å².